The second-order valence-corrected chi connectivity index (χ2v) is 5.09. The first-order valence-electron chi connectivity index (χ1n) is 7.28. The maximum Gasteiger partial charge on any atom is 0.102 e. The molecule has 17 heavy (non-hydrogen) atoms. The average molecular weight is 240 g/mol. The summed E-state index contributed by atoms with van der Waals surface area (Å²) in [6.07, 6.45) is 13.8. The van der Waals surface area contributed by atoms with Gasteiger partial charge in [0.1, 0.15) is 6.10 Å². The van der Waals surface area contributed by atoms with Crippen LogP contribution < -0.4 is 0 Å². The molecule has 0 unspecified atom stereocenters. The smallest absolute Gasteiger partial charge is 0.102 e. The van der Waals surface area contributed by atoms with E-state index in [0.29, 0.717) is 0 Å². The maximum absolute atomic E-state index is 9.81. The number of rotatable bonds is 10. The summed E-state index contributed by atoms with van der Waals surface area (Å²) in [5.41, 5.74) is 0. The predicted octanol–water partition coefficient (Wildman–Crippen LogP) is 3.83. The van der Waals surface area contributed by atoms with Gasteiger partial charge in [0.25, 0.3) is 0 Å². The molecule has 1 aliphatic heterocycles. The van der Waals surface area contributed by atoms with Crippen molar-refractivity contribution in [2.75, 3.05) is 0 Å². The van der Waals surface area contributed by atoms with E-state index < -0.39 is 0 Å². The molecule has 0 amide bonds. The largest absolute Gasteiger partial charge is 0.393 e. The normalized spacial score (nSPS) is 25.4. The van der Waals surface area contributed by atoms with Crippen LogP contribution in [0.4, 0.5) is 0 Å². The molecule has 0 aromatic carbocycles. The van der Waals surface area contributed by atoms with E-state index in [1.54, 1.807) is 0 Å². The van der Waals surface area contributed by atoms with Gasteiger partial charge in [0.15, 0.2) is 0 Å². The van der Waals surface area contributed by atoms with E-state index in [9.17, 15) is 5.11 Å². The van der Waals surface area contributed by atoms with Gasteiger partial charge in [0.2, 0.25) is 0 Å². The summed E-state index contributed by atoms with van der Waals surface area (Å²) in [7, 11) is 0. The lowest BCUT2D eigenvalue weighted by Crippen LogP contribution is -2.10. The lowest BCUT2D eigenvalue weighted by Gasteiger charge is -2.07. The number of aliphatic hydroxyl groups is 1. The SMILES string of the molecule is CCCC/C=C/[C@H]1O[C@@H]1C[C@@H](O)CCCCC. The Hall–Kier alpha value is -0.340. The Bertz CT molecular complexity index is 213. The van der Waals surface area contributed by atoms with Crippen LogP contribution in [0.25, 0.3) is 0 Å². The Morgan fingerprint density at radius 3 is 2.65 bits per heavy atom. The van der Waals surface area contributed by atoms with Crippen LogP contribution in [0.2, 0.25) is 0 Å². The van der Waals surface area contributed by atoms with Crippen molar-refractivity contribution >= 4 is 0 Å². The van der Waals surface area contributed by atoms with Crippen molar-refractivity contribution in [3.8, 4) is 0 Å². The topological polar surface area (TPSA) is 32.8 Å². The summed E-state index contributed by atoms with van der Waals surface area (Å²) in [5, 5.41) is 9.81. The Morgan fingerprint density at radius 1 is 1.18 bits per heavy atom. The Balaban J connectivity index is 2.01. The number of hydrogen-bond acceptors (Lipinski definition) is 2. The number of allylic oxidation sites excluding steroid dienone is 1. The molecule has 3 atom stereocenters. The van der Waals surface area contributed by atoms with Gasteiger partial charge < -0.3 is 9.84 Å². The summed E-state index contributed by atoms with van der Waals surface area (Å²) < 4.78 is 5.53. The third-order valence-corrected chi connectivity index (χ3v) is 3.32. The third kappa shape index (κ3) is 6.85. The van der Waals surface area contributed by atoms with Crippen molar-refractivity contribution in [3.05, 3.63) is 12.2 Å². The van der Waals surface area contributed by atoms with Crippen LogP contribution in [-0.4, -0.2) is 23.4 Å². The number of epoxide rings is 1. The first kappa shape index (κ1) is 14.7. The fourth-order valence-corrected chi connectivity index (χ4v) is 2.08. The fourth-order valence-electron chi connectivity index (χ4n) is 2.08. The van der Waals surface area contributed by atoms with E-state index in [4.69, 9.17) is 4.74 Å². The van der Waals surface area contributed by atoms with Crippen LogP contribution in [0, 0.1) is 0 Å². The molecule has 0 aliphatic carbocycles. The number of hydrogen-bond donors (Lipinski definition) is 1. The highest BCUT2D eigenvalue weighted by Crippen LogP contribution is 2.29. The lowest BCUT2D eigenvalue weighted by molar-refractivity contribution is 0.139. The van der Waals surface area contributed by atoms with E-state index in [0.717, 1.165) is 25.7 Å². The molecule has 1 N–H and O–H groups in total. The van der Waals surface area contributed by atoms with Crippen molar-refractivity contribution in [1.82, 2.24) is 0 Å². The van der Waals surface area contributed by atoms with Gasteiger partial charge in [0, 0.05) is 6.42 Å². The van der Waals surface area contributed by atoms with Crippen molar-refractivity contribution < 1.29 is 9.84 Å². The van der Waals surface area contributed by atoms with Gasteiger partial charge in [-0.25, -0.2) is 0 Å². The molecule has 0 bridgehead atoms. The van der Waals surface area contributed by atoms with Crippen LogP contribution in [0.3, 0.4) is 0 Å². The van der Waals surface area contributed by atoms with Crippen molar-refractivity contribution in [3.63, 3.8) is 0 Å². The summed E-state index contributed by atoms with van der Waals surface area (Å²) in [4.78, 5) is 0. The van der Waals surface area contributed by atoms with Gasteiger partial charge in [-0.1, -0.05) is 58.1 Å². The van der Waals surface area contributed by atoms with Gasteiger partial charge in [0.05, 0.1) is 12.2 Å². The first-order valence-corrected chi connectivity index (χ1v) is 7.28. The van der Waals surface area contributed by atoms with Crippen molar-refractivity contribution in [1.29, 1.82) is 0 Å². The van der Waals surface area contributed by atoms with E-state index >= 15 is 0 Å². The monoisotopic (exact) mass is 240 g/mol. The van der Waals surface area contributed by atoms with Gasteiger partial charge in [-0.3, -0.25) is 0 Å². The zero-order valence-electron chi connectivity index (χ0n) is 11.4. The second kappa shape index (κ2) is 8.71. The highest BCUT2D eigenvalue weighted by atomic mass is 16.6. The molecule has 0 radical (unpaired) electrons. The van der Waals surface area contributed by atoms with Gasteiger partial charge in [-0.05, 0) is 12.8 Å². The predicted molar refractivity (Wildman–Crippen MR) is 72.1 cm³/mol. The Morgan fingerprint density at radius 2 is 1.94 bits per heavy atom. The number of aliphatic hydroxyl groups excluding tert-OH is 1. The van der Waals surface area contributed by atoms with Crippen LogP contribution in [0.1, 0.15) is 65.2 Å². The molecule has 0 saturated carbocycles. The molecule has 2 nitrogen and oxygen atoms in total. The molecule has 0 spiro atoms. The van der Waals surface area contributed by atoms with Crippen LogP contribution >= 0.6 is 0 Å². The number of unbranched alkanes of at least 4 members (excludes halogenated alkanes) is 4. The summed E-state index contributed by atoms with van der Waals surface area (Å²) in [6, 6.07) is 0. The van der Waals surface area contributed by atoms with Crippen LogP contribution in [0.15, 0.2) is 12.2 Å². The van der Waals surface area contributed by atoms with Crippen LogP contribution in [0.5, 0.6) is 0 Å². The quantitative estimate of drug-likeness (QED) is 0.357. The summed E-state index contributed by atoms with van der Waals surface area (Å²) in [6.45, 7) is 4.39. The van der Waals surface area contributed by atoms with E-state index in [1.807, 2.05) is 0 Å². The van der Waals surface area contributed by atoms with Gasteiger partial charge in [-0.15, -0.1) is 0 Å². The molecule has 1 saturated heterocycles. The molecule has 1 aliphatic rings. The van der Waals surface area contributed by atoms with E-state index in [1.165, 1.54) is 25.7 Å². The molecule has 100 valence electrons. The standard InChI is InChI=1S/C15H28O2/c1-3-5-7-9-11-14-15(17-14)12-13(16)10-8-6-4-2/h9,11,13-16H,3-8,10,12H2,1-2H3/b11-9+/t13-,14+,15+/m0/s1. The minimum absolute atomic E-state index is 0.166. The fraction of sp³-hybridized carbons (Fsp3) is 0.867. The minimum Gasteiger partial charge on any atom is -0.393 e. The van der Waals surface area contributed by atoms with Crippen molar-refractivity contribution in [2.24, 2.45) is 0 Å². The van der Waals surface area contributed by atoms with Gasteiger partial charge >= 0.3 is 0 Å². The lowest BCUT2D eigenvalue weighted by atomic mass is 10.0. The molecule has 1 rings (SSSR count). The highest BCUT2D eigenvalue weighted by molar-refractivity contribution is 5.03. The second-order valence-electron chi connectivity index (χ2n) is 5.09. The van der Waals surface area contributed by atoms with Crippen LogP contribution in [-0.2, 0) is 4.74 Å². The Kier molecular flexibility index (Phi) is 7.54. The molecule has 2 heteroatoms. The highest BCUT2D eigenvalue weighted by Gasteiger charge is 2.37. The van der Waals surface area contributed by atoms with E-state index in [-0.39, 0.29) is 18.3 Å². The summed E-state index contributed by atoms with van der Waals surface area (Å²) in [5.74, 6) is 0. The maximum atomic E-state index is 9.81. The zero-order chi connectivity index (χ0) is 12.5. The van der Waals surface area contributed by atoms with Gasteiger partial charge in [-0.2, -0.15) is 0 Å². The zero-order valence-corrected chi connectivity index (χ0v) is 11.4. The molecule has 1 fully saturated rings. The molecule has 1 heterocycles. The summed E-state index contributed by atoms with van der Waals surface area (Å²) >= 11 is 0. The number of ether oxygens (including phenoxy) is 1. The molecular formula is C15H28O2. The minimum atomic E-state index is -0.166. The average Bonchev–Trinajstić information content (AvgIpc) is 3.03. The Labute approximate surface area is 106 Å². The molecule has 0 aromatic heterocycles. The van der Waals surface area contributed by atoms with E-state index in [2.05, 4.69) is 26.0 Å². The van der Waals surface area contributed by atoms with Crippen molar-refractivity contribution in [2.45, 2.75) is 83.5 Å². The third-order valence-electron chi connectivity index (χ3n) is 3.32. The first-order chi connectivity index (χ1) is 8.27. The molecule has 0 aromatic rings. The molecular weight excluding hydrogens is 212 g/mol.